The van der Waals surface area contributed by atoms with E-state index in [-0.39, 0.29) is 0 Å². The molecule has 0 amide bonds. The van der Waals surface area contributed by atoms with E-state index in [1.807, 2.05) is 18.2 Å². The molecule has 74 valence electrons. The molecule has 1 unspecified atom stereocenters. The average molecular weight is 218 g/mol. The molecule has 0 bridgehead atoms. The van der Waals surface area contributed by atoms with Crippen molar-refractivity contribution in [2.45, 2.75) is 5.92 Å². The number of fused-ring (bicyclic) bond motifs is 1. The average Bonchev–Trinajstić information content (AvgIpc) is 2.61. The standard InChI is InChI=1S/C10H6N2O2S/c11-5-6(10(13)14)9-12-7-3-1-2-4-8(7)15-9/h1-4,6H,(H,13,14). The molecular formula is C10H6N2O2S. The number of carboxylic acids is 1. The maximum absolute atomic E-state index is 10.8. The number of thiazole rings is 1. The number of aromatic nitrogens is 1. The third kappa shape index (κ3) is 1.67. The van der Waals surface area contributed by atoms with Crippen LogP contribution in [-0.2, 0) is 4.79 Å². The van der Waals surface area contributed by atoms with Crippen LogP contribution in [0.4, 0.5) is 0 Å². The Labute approximate surface area is 89.4 Å². The van der Waals surface area contributed by atoms with Crippen molar-refractivity contribution in [2.75, 3.05) is 0 Å². The SMILES string of the molecule is N#CC(C(=O)O)c1nc2ccccc2s1. The minimum absolute atomic E-state index is 0.339. The van der Waals surface area contributed by atoms with Crippen molar-refractivity contribution in [1.82, 2.24) is 4.98 Å². The molecule has 0 aliphatic carbocycles. The predicted molar refractivity (Wildman–Crippen MR) is 55.6 cm³/mol. The number of nitriles is 1. The number of aliphatic carboxylic acids is 1. The topological polar surface area (TPSA) is 74.0 Å². The van der Waals surface area contributed by atoms with Gasteiger partial charge in [-0.05, 0) is 12.1 Å². The quantitative estimate of drug-likeness (QED) is 0.836. The van der Waals surface area contributed by atoms with E-state index in [0.717, 1.165) is 10.2 Å². The first-order valence-electron chi connectivity index (χ1n) is 4.20. The van der Waals surface area contributed by atoms with Gasteiger partial charge < -0.3 is 5.11 Å². The first kappa shape index (κ1) is 9.62. The summed E-state index contributed by atoms with van der Waals surface area (Å²) in [7, 11) is 0. The van der Waals surface area contributed by atoms with Gasteiger partial charge >= 0.3 is 5.97 Å². The molecule has 0 saturated carbocycles. The molecule has 1 heterocycles. The fraction of sp³-hybridized carbons (Fsp3) is 0.100. The maximum Gasteiger partial charge on any atom is 0.328 e. The third-order valence-corrected chi connectivity index (χ3v) is 3.03. The van der Waals surface area contributed by atoms with Gasteiger partial charge in [0.05, 0.1) is 16.3 Å². The van der Waals surface area contributed by atoms with E-state index in [1.165, 1.54) is 11.3 Å². The fourth-order valence-corrected chi connectivity index (χ4v) is 2.24. The van der Waals surface area contributed by atoms with E-state index in [2.05, 4.69) is 4.98 Å². The van der Waals surface area contributed by atoms with Crippen molar-refractivity contribution < 1.29 is 9.90 Å². The Hall–Kier alpha value is -1.93. The van der Waals surface area contributed by atoms with Crippen molar-refractivity contribution in [3.05, 3.63) is 29.3 Å². The zero-order valence-electron chi connectivity index (χ0n) is 7.54. The van der Waals surface area contributed by atoms with E-state index in [1.54, 1.807) is 12.1 Å². The molecule has 0 spiro atoms. The van der Waals surface area contributed by atoms with Gasteiger partial charge in [0.2, 0.25) is 0 Å². The Morgan fingerprint density at radius 1 is 1.53 bits per heavy atom. The minimum atomic E-state index is -1.16. The van der Waals surface area contributed by atoms with Crippen molar-refractivity contribution in [3.8, 4) is 6.07 Å². The lowest BCUT2D eigenvalue weighted by molar-refractivity contribution is -0.137. The highest BCUT2D eigenvalue weighted by molar-refractivity contribution is 7.18. The Balaban J connectivity index is 2.53. The molecule has 0 radical (unpaired) electrons. The highest BCUT2D eigenvalue weighted by Gasteiger charge is 2.22. The van der Waals surface area contributed by atoms with Crippen molar-refractivity contribution in [1.29, 1.82) is 5.26 Å². The number of para-hydroxylation sites is 1. The van der Waals surface area contributed by atoms with Gasteiger partial charge in [0, 0.05) is 0 Å². The van der Waals surface area contributed by atoms with E-state index in [4.69, 9.17) is 10.4 Å². The van der Waals surface area contributed by atoms with Gasteiger partial charge in [0.25, 0.3) is 0 Å². The molecule has 0 aliphatic rings. The summed E-state index contributed by atoms with van der Waals surface area (Å²) in [5.41, 5.74) is 0.735. The molecule has 1 aromatic heterocycles. The van der Waals surface area contributed by atoms with Crippen LogP contribution in [0.25, 0.3) is 10.2 Å². The van der Waals surface area contributed by atoms with E-state index in [9.17, 15) is 4.79 Å². The first-order valence-corrected chi connectivity index (χ1v) is 5.02. The van der Waals surface area contributed by atoms with Gasteiger partial charge in [-0.3, -0.25) is 4.79 Å². The number of carbonyl (C=O) groups is 1. The van der Waals surface area contributed by atoms with Crippen LogP contribution < -0.4 is 0 Å². The molecule has 1 atom stereocenters. The van der Waals surface area contributed by atoms with Crippen molar-refractivity contribution in [2.24, 2.45) is 0 Å². The van der Waals surface area contributed by atoms with Crippen LogP contribution in [0.3, 0.4) is 0 Å². The van der Waals surface area contributed by atoms with Crippen LogP contribution in [0, 0.1) is 11.3 Å². The van der Waals surface area contributed by atoms with Crippen LogP contribution >= 0.6 is 11.3 Å². The van der Waals surface area contributed by atoms with E-state index < -0.39 is 11.9 Å². The highest BCUT2D eigenvalue weighted by atomic mass is 32.1. The lowest BCUT2D eigenvalue weighted by Gasteiger charge is -1.95. The maximum atomic E-state index is 10.8. The minimum Gasteiger partial charge on any atom is -0.480 e. The molecule has 0 aliphatic heterocycles. The van der Waals surface area contributed by atoms with Gasteiger partial charge in [-0.25, -0.2) is 4.98 Å². The third-order valence-electron chi connectivity index (χ3n) is 1.93. The first-order chi connectivity index (χ1) is 7.22. The Kier molecular flexibility index (Phi) is 2.35. The molecule has 4 nitrogen and oxygen atoms in total. The monoisotopic (exact) mass is 218 g/mol. The molecule has 0 saturated heterocycles. The Morgan fingerprint density at radius 3 is 2.87 bits per heavy atom. The normalized spacial score (nSPS) is 12.2. The number of benzene rings is 1. The number of hydrogen-bond acceptors (Lipinski definition) is 4. The van der Waals surface area contributed by atoms with Crippen LogP contribution in [-0.4, -0.2) is 16.1 Å². The predicted octanol–water partition coefficient (Wildman–Crippen LogP) is 1.99. The summed E-state index contributed by atoms with van der Waals surface area (Å²) in [6.45, 7) is 0. The Bertz CT molecular complexity index is 523. The second-order valence-corrected chi connectivity index (χ2v) is 3.98. The number of hydrogen-bond donors (Lipinski definition) is 1. The summed E-state index contributed by atoms with van der Waals surface area (Å²) in [5, 5.41) is 17.8. The lowest BCUT2D eigenvalue weighted by atomic mass is 10.2. The summed E-state index contributed by atoms with van der Waals surface area (Å²) in [6.07, 6.45) is 0. The van der Waals surface area contributed by atoms with E-state index in [0.29, 0.717) is 5.01 Å². The van der Waals surface area contributed by atoms with Gasteiger partial charge in [0.15, 0.2) is 5.92 Å². The fourth-order valence-electron chi connectivity index (χ4n) is 1.23. The molecule has 0 fully saturated rings. The zero-order chi connectivity index (χ0) is 10.8. The molecule has 5 heteroatoms. The van der Waals surface area contributed by atoms with Crippen LogP contribution in [0.15, 0.2) is 24.3 Å². The summed E-state index contributed by atoms with van der Waals surface area (Å²) in [6, 6.07) is 9.06. The van der Waals surface area contributed by atoms with Crippen molar-refractivity contribution >= 4 is 27.5 Å². The second-order valence-electron chi connectivity index (χ2n) is 2.92. The number of nitrogens with zero attached hydrogens (tertiary/aromatic N) is 2. The summed E-state index contributed by atoms with van der Waals surface area (Å²) < 4.78 is 0.897. The molecule has 2 aromatic rings. The summed E-state index contributed by atoms with van der Waals surface area (Å²) in [4.78, 5) is 14.9. The highest BCUT2D eigenvalue weighted by Crippen LogP contribution is 2.27. The smallest absolute Gasteiger partial charge is 0.328 e. The largest absolute Gasteiger partial charge is 0.480 e. The summed E-state index contributed by atoms with van der Waals surface area (Å²) in [5.74, 6) is -2.32. The van der Waals surface area contributed by atoms with Gasteiger partial charge in [0.1, 0.15) is 5.01 Å². The van der Waals surface area contributed by atoms with Gasteiger partial charge in [-0.15, -0.1) is 11.3 Å². The van der Waals surface area contributed by atoms with Gasteiger partial charge in [-0.1, -0.05) is 12.1 Å². The molecule has 1 N–H and O–H groups in total. The van der Waals surface area contributed by atoms with Crippen molar-refractivity contribution in [3.63, 3.8) is 0 Å². The van der Waals surface area contributed by atoms with E-state index >= 15 is 0 Å². The summed E-state index contributed by atoms with van der Waals surface area (Å²) >= 11 is 1.24. The molecular weight excluding hydrogens is 212 g/mol. The molecule has 2 rings (SSSR count). The zero-order valence-corrected chi connectivity index (χ0v) is 8.36. The Morgan fingerprint density at radius 2 is 2.27 bits per heavy atom. The second kappa shape index (κ2) is 3.67. The van der Waals surface area contributed by atoms with Crippen LogP contribution in [0.2, 0.25) is 0 Å². The lowest BCUT2D eigenvalue weighted by Crippen LogP contribution is -2.08. The van der Waals surface area contributed by atoms with Crippen LogP contribution in [0.1, 0.15) is 10.9 Å². The molecule has 15 heavy (non-hydrogen) atoms. The van der Waals surface area contributed by atoms with Gasteiger partial charge in [-0.2, -0.15) is 5.26 Å². The van der Waals surface area contributed by atoms with Crippen LogP contribution in [0.5, 0.6) is 0 Å². The molecule has 1 aromatic carbocycles. The number of rotatable bonds is 2. The number of carboxylic acid groups (broad SMARTS) is 1.